The fraction of sp³-hybridized carbons (Fsp3) is 0.222. The molecule has 0 aliphatic carbocycles. The van der Waals surface area contributed by atoms with E-state index in [0.29, 0.717) is 17.3 Å². The van der Waals surface area contributed by atoms with Gasteiger partial charge in [-0.2, -0.15) is 0 Å². The zero-order valence-corrected chi connectivity index (χ0v) is 14.0. The van der Waals surface area contributed by atoms with Gasteiger partial charge < -0.3 is 14.7 Å². The van der Waals surface area contributed by atoms with Gasteiger partial charge in [-0.15, -0.1) is 0 Å². The molecule has 3 aromatic rings. The van der Waals surface area contributed by atoms with Crippen molar-refractivity contribution in [2.24, 2.45) is 0 Å². The van der Waals surface area contributed by atoms with Crippen molar-refractivity contribution in [3.8, 4) is 0 Å². The number of aryl methyl sites for hydroxylation is 1. The predicted molar refractivity (Wildman–Crippen MR) is 94.3 cm³/mol. The Kier molecular flexibility index (Phi) is 4.74. The second-order valence-corrected chi connectivity index (χ2v) is 5.64. The van der Waals surface area contributed by atoms with Crippen molar-refractivity contribution in [1.29, 1.82) is 0 Å². The van der Waals surface area contributed by atoms with Crippen molar-refractivity contribution >= 4 is 34.2 Å². The highest BCUT2D eigenvalue weighted by Crippen LogP contribution is 2.25. The van der Waals surface area contributed by atoms with Gasteiger partial charge in [-0.1, -0.05) is 23.4 Å². The van der Waals surface area contributed by atoms with Crippen LogP contribution in [0.1, 0.15) is 19.1 Å². The first-order chi connectivity index (χ1) is 12.0. The highest BCUT2D eigenvalue weighted by atomic mass is 16.5. The molecule has 0 saturated carbocycles. The van der Waals surface area contributed by atoms with Gasteiger partial charge in [-0.25, -0.2) is 0 Å². The van der Waals surface area contributed by atoms with Crippen LogP contribution in [0.4, 0.5) is 11.5 Å². The number of benzene rings is 1. The largest absolute Gasteiger partial charge is 0.360 e. The number of hydrogen-bond acceptors (Lipinski definition) is 5. The van der Waals surface area contributed by atoms with E-state index >= 15 is 0 Å². The zero-order chi connectivity index (χ0) is 17.8. The lowest BCUT2D eigenvalue weighted by molar-refractivity contribution is -0.117. The smallest absolute Gasteiger partial charge is 0.227 e. The summed E-state index contributed by atoms with van der Waals surface area (Å²) in [6.07, 6.45) is 1.82. The molecule has 0 fully saturated rings. The van der Waals surface area contributed by atoms with Crippen molar-refractivity contribution < 1.29 is 14.1 Å². The van der Waals surface area contributed by atoms with E-state index in [0.717, 1.165) is 10.9 Å². The second-order valence-electron chi connectivity index (χ2n) is 5.64. The third kappa shape index (κ3) is 3.82. The van der Waals surface area contributed by atoms with Crippen LogP contribution in [0.3, 0.4) is 0 Å². The molecule has 0 radical (unpaired) electrons. The van der Waals surface area contributed by atoms with Gasteiger partial charge in [-0.05, 0) is 19.1 Å². The Labute approximate surface area is 144 Å². The van der Waals surface area contributed by atoms with Crippen molar-refractivity contribution in [3.63, 3.8) is 0 Å². The van der Waals surface area contributed by atoms with E-state index < -0.39 is 0 Å². The average Bonchev–Trinajstić information content (AvgIpc) is 2.99. The molecular weight excluding hydrogens is 320 g/mol. The molecule has 2 amide bonds. The highest BCUT2D eigenvalue weighted by molar-refractivity contribution is 6.01. The topological polar surface area (TPSA) is 88.3 Å². The van der Waals surface area contributed by atoms with Crippen LogP contribution < -0.4 is 10.2 Å². The predicted octanol–water partition coefficient (Wildman–Crippen LogP) is 2.91. The number of para-hydroxylation sites is 1. The number of hydrogen-bond donors (Lipinski definition) is 1. The van der Waals surface area contributed by atoms with Crippen LogP contribution in [0.2, 0.25) is 0 Å². The van der Waals surface area contributed by atoms with Crippen LogP contribution in [-0.4, -0.2) is 28.5 Å². The van der Waals surface area contributed by atoms with E-state index in [4.69, 9.17) is 4.52 Å². The molecule has 25 heavy (non-hydrogen) atoms. The molecule has 0 saturated heterocycles. The summed E-state index contributed by atoms with van der Waals surface area (Å²) in [5.41, 5.74) is 1.42. The molecule has 2 heterocycles. The van der Waals surface area contributed by atoms with Crippen molar-refractivity contribution in [3.05, 3.63) is 48.4 Å². The Bertz CT molecular complexity index is 914. The Balaban J connectivity index is 1.75. The third-order valence-electron chi connectivity index (χ3n) is 3.74. The molecule has 128 valence electrons. The molecule has 7 nitrogen and oxygen atoms in total. The van der Waals surface area contributed by atoms with Gasteiger partial charge in [0.15, 0.2) is 5.82 Å². The first-order valence-electron chi connectivity index (χ1n) is 7.89. The van der Waals surface area contributed by atoms with Gasteiger partial charge in [-0.3, -0.25) is 14.6 Å². The number of pyridine rings is 1. The maximum Gasteiger partial charge on any atom is 0.227 e. The standard InChI is InChI=1S/C18H18N4O3/c1-12-11-16(21-25-12)20-17(24)8-10-22(13(2)23)15-7-3-5-14-6-4-9-19-18(14)15/h3-7,9,11H,8,10H2,1-2H3,(H,20,21,24). The minimum atomic E-state index is -0.243. The highest BCUT2D eigenvalue weighted by Gasteiger charge is 2.17. The number of nitrogens with zero attached hydrogens (tertiary/aromatic N) is 3. The first-order valence-corrected chi connectivity index (χ1v) is 7.89. The lowest BCUT2D eigenvalue weighted by Gasteiger charge is -2.22. The molecule has 0 spiro atoms. The molecule has 0 aliphatic heterocycles. The summed E-state index contributed by atoms with van der Waals surface area (Å²) in [5, 5.41) is 7.31. The van der Waals surface area contributed by atoms with Crippen molar-refractivity contribution in [1.82, 2.24) is 10.1 Å². The van der Waals surface area contributed by atoms with E-state index in [1.807, 2.05) is 30.3 Å². The van der Waals surface area contributed by atoms with Crippen LogP contribution in [0.15, 0.2) is 47.1 Å². The van der Waals surface area contributed by atoms with Gasteiger partial charge in [0.05, 0.1) is 11.2 Å². The monoisotopic (exact) mass is 338 g/mol. The van der Waals surface area contributed by atoms with Gasteiger partial charge in [0.1, 0.15) is 5.76 Å². The quantitative estimate of drug-likeness (QED) is 0.773. The molecular formula is C18H18N4O3. The normalized spacial score (nSPS) is 10.6. The summed E-state index contributed by atoms with van der Waals surface area (Å²) >= 11 is 0. The fourth-order valence-corrected chi connectivity index (χ4v) is 2.60. The van der Waals surface area contributed by atoms with E-state index in [9.17, 15) is 9.59 Å². The number of rotatable bonds is 5. The molecule has 0 bridgehead atoms. The molecule has 3 rings (SSSR count). The minimum absolute atomic E-state index is 0.134. The summed E-state index contributed by atoms with van der Waals surface area (Å²) < 4.78 is 4.91. The Morgan fingerprint density at radius 3 is 2.76 bits per heavy atom. The summed E-state index contributed by atoms with van der Waals surface area (Å²) in [5.74, 6) is 0.585. The lowest BCUT2D eigenvalue weighted by Crippen LogP contribution is -2.32. The van der Waals surface area contributed by atoms with E-state index in [1.165, 1.54) is 6.92 Å². The fourth-order valence-electron chi connectivity index (χ4n) is 2.60. The van der Waals surface area contributed by atoms with Gasteiger partial charge in [0, 0.05) is 37.5 Å². The van der Waals surface area contributed by atoms with Gasteiger partial charge >= 0.3 is 0 Å². The maximum atomic E-state index is 12.1. The van der Waals surface area contributed by atoms with E-state index in [1.54, 1.807) is 24.1 Å². The third-order valence-corrected chi connectivity index (χ3v) is 3.74. The molecule has 0 unspecified atom stereocenters. The minimum Gasteiger partial charge on any atom is -0.360 e. The van der Waals surface area contributed by atoms with Gasteiger partial charge in [0.25, 0.3) is 0 Å². The summed E-state index contributed by atoms with van der Waals surface area (Å²) in [6.45, 7) is 3.46. The number of fused-ring (bicyclic) bond motifs is 1. The second kappa shape index (κ2) is 7.12. The van der Waals surface area contributed by atoms with Crippen LogP contribution in [0.25, 0.3) is 10.9 Å². The Morgan fingerprint density at radius 2 is 2.04 bits per heavy atom. The van der Waals surface area contributed by atoms with Crippen LogP contribution >= 0.6 is 0 Å². The SMILES string of the molecule is CC(=O)N(CCC(=O)Nc1cc(C)on1)c1cccc2cccnc12. The number of carbonyl (C=O) groups is 2. The van der Waals surface area contributed by atoms with E-state index in [2.05, 4.69) is 15.5 Å². The maximum absolute atomic E-state index is 12.1. The molecule has 1 aromatic carbocycles. The van der Waals surface area contributed by atoms with Crippen LogP contribution in [0, 0.1) is 6.92 Å². The number of nitrogens with one attached hydrogen (secondary N) is 1. The average molecular weight is 338 g/mol. The van der Waals surface area contributed by atoms with Crippen LogP contribution in [0.5, 0.6) is 0 Å². The Hall–Kier alpha value is -3.22. The summed E-state index contributed by atoms with van der Waals surface area (Å²) in [4.78, 5) is 30.1. The zero-order valence-electron chi connectivity index (χ0n) is 14.0. The number of aromatic nitrogens is 2. The summed E-state index contributed by atoms with van der Waals surface area (Å²) in [7, 11) is 0. The molecule has 0 aliphatic rings. The molecule has 2 aromatic heterocycles. The Morgan fingerprint density at radius 1 is 1.24 bits per heavy atom. The molecule has 0 atom stereocenters. The molecule has 1 N–H and O–H groups in total. The van der Waals surface area contributed by atoms with Crippen molar-refractivity contribution in [2.45, 2.75) is 20.3 Å². The molecule has 7 heteroatoms. The van der Waals surface area contributed by atoms with Gasteiger partial charge in [0.2, 0.25) is 11.8 Å². The van der Waals surface area contributed by atoms with Crippen molar-refractivity contribution in [2.75, 3.05) is 16.8 Å². The summed E-state index contributed by atoms with van der Waals surface area (Å²) in [6, 6.07) is 11.0. The van der Waals surface area contributed by atoms with E-state index in [-0.39, 0.29) is 24.8 Å². The number of amides is 2. The number of carbonyl (C=O) groups excluding carboxylic acids is 2. The first kappa shape index (κ1) is 16.6. The van der Waals surface area contributed by atoms with Crippen LogP contribution in [-0.2, 0) is 9.59 Å². The lowest BCUT2D eigenvalue weighted by atomic mass is 10.1. The number of anilines is 2.